The SMILES string of the molecule is CCN(C)CC1CCCC2c3ccccc3CC12. The van der Waals surface area contributed by atoms with E-state index in [0.717, 1.165) is 17.8 Å². The van der Waals surface area contributed by atoms with Crippen LogP contribution in [0.1, 0.15) is 43.2 Å². The van der Waals surface area contributed by atoms with Crippen molar-refractivity contribution in [3.8, 4) is 0 Å². The fourth-order valence-electron chi connectivity index (χ4n) is 4.14. The molecule has 0 radical (unpaired) electrons. The first-order valence-electron chi connectivity index (χ1n) is 7.56. The Morgan fingerprint density at radius 1 is 1.22 bits per heavy atom. The fourth-order valence-corrected chi connectivity index (χ4v) is 4.14. The summed E-state index contributed by atoms with van der Waals surface area (Å²) >= 11 is 0. The van der Waals surface area contributed by atoms with Crippen LogP contribution < -0.4 is 0 Å². The van der Waals surface area contributed by atoms with Crippen molar-refractivity contribution in [1.82, 2.24) is 4.90 Å². The lowest BCUT2D eigenvalue weighted by Crippen LogP contribution is -2.34. The van der Waals surface area contributed by atoms with Crippen molar-refractivity contribution in [2.75, 3.05) is 20.1 Å². The first-order chi connectivity index (χ1) is 8.79. The van der Waals surface area contributed by atoms with Crippen LogP contribution in [0.15, 0.2) is 24.3 Å². The van der Waals surface area contributed by atoms with Crippen LogP contribution in [0.25, 0.3) is 0 Å². The topological polar surface area (TPSA) is 3.24 Å². The zero-order chi connectivity index (χ0) is 12.5. The highest BCUT2D eigenvalue weighted by Crippen LogP contribution is 2.49. The van der Waals surface area contributed by atoms with E-state index in [1.807, 2.05) is 0 Å². The molecule has 3 unspecified atom stereocenters. The Hall–Kier alpha value is -0.820. The molecule has 3 rings (SSSR count). The van der Waals surface area contributed by atoms with E-state index in [-0.39, 0.29) is 0 Å². The summed E-state index contributed by atoms with van der Waals surface area (Å²) in [6, 6.07) is 9.17. The van der Waals surface area contributed by atoms with Crippen LogP contribution in [-0.4, -0.2) is 25.0 Å². The predicted molar refractivity (Wildman–Crippen MR) is 76.9 cm³/mol. The van der Waals surface area contributed by atoms with E-state index in [2.05, 4.69) is 43.1 Å². The van der Waals surface area contributed by atoms with Gasteiger partial charge in [0.25, 0.3) is 0 Å². The number of benzene rings is 1. The molecule has 18 heavy (non-hydrogen) atoms. The van der Waals surface area contributed by atoms with Crippen LogP contribution >= 0.6 is 0 Å². The standard InChI is InChI=1S/C17H25N/c1-3-18(2)12-14-8-6-10-16-15-9-5-4-7-13(15)11-17(14)16/h4-5,7,9,14,16-17H,3,6,8,10-12H2,1-2H3. The van der Waals surface area contributed by atoms with Gasteiger partial charge in [-0.3, -0.25) is 0 Å². The van der Waals surface area contributed by atoms with Crippen LogP contribution in [0.4, 0.5) is 0 Å². The second-order valence-electron chi connectivity index (χ2n) is 6.22. The third-order valence-corrected chi connectivity index (χ3v) is 5.21. The molecule has 3 atom stereocenters. The maximum Gasteiger partial charge on any atom is 0.000947 e. The summed E-state index contributed by atoms with van der Waals surface area (Å²) < 4.78 is 0. The van der Waals surface area contributed by atoms with Crippen molar-refractivity contribution < 1.29 is 0 Å². The van der Waals surface area contributed by atoms with Crippen LogP contribution in [0.3, 0.4) is 0 Å². The van der Waals surface area contributed by atoms with Gasteiger partial charge in [0.05, 0.1) is 0 Å². The molecule has 0 N–H and O–H groups in total. The molecule has 0 spiro atoms. The van der Waals surface area contributed by atoms with Crippen molar-refractivity contribution in [2.45, 2.75) is 38.5 Å². The van der Waals surface area contributed by atoms with E-state index < -0.39 is 0 Å². The van der Waals surface area contributed by atoms with Crippen molar-refractivity contribution >= 4 is 0 Å². The highest BCUT2D eigenvalue weighted by atomic mass is 15.1. The molecule has 0 saturated heterocycles. The molecule has 2 aliphatic rings. The maximum atomic E-state index is 2.50. The molecule has 1 saturated carbocycles. The minimum absolute atomic E-state index is 0.866. The Bertz CT molecular complexity index is 412. The van der Waals surface area contributed by atoms with Gasteiger partial charge in [-0.2, -0.15) is 0 Å². The van der Waals surface area contributed by atoms with E-state index in [0.29, 0.717) is 0 Å². The number of hydrogen-bond acceptors (Lipinski definition) is 1. The van der Waals surface area contributed by atoms with Crippen molar-refractivity contribution in [1.29, 1.82) is 0 Å². The minimum atomic E-state index is 0.866. The number of fused-ring (bicyclic) bond motifs is 3. The first kappa shape index (κ1) is 12.2. The van der Waals surface area contributed by atoms with Gasteiger partial charge in [0.1, 0.15) is 0 Å². The highest BCUT2D eigenvalue weighted by molar-refractivity contribution is 5.37. The third-order valence-electron chi connectivity index (χ3n) is 5.21. The Kier molecular flexibility index (Phi) is 3.43. The smallest absolute Gasteiger partial charge is 0.000947 e. The first-order valence-corrected chi connectivity index (χ1v) is 7.56. The fraction of sp³-hybridized carbons (Fsp3) is 0.647. The molecule has 1 aromatic rings. The normalized spacial score (nSPS) is 30.3. The second-order valence-corrected chi connectivity index (χ2v) is 6.22. The second kappa shape index (κ2) is 5.05. The van der Waals surface area contributed by atoms with Crippen LogP contribution in [0, 0.1) is 11.8 Å². The van der Waals surface area contributed by atoms with E-state index in [1.54, 1.807) is 11.1 Å². The van der Waals surface area contributed by atoms with Crippen molar-refractivity contribution in [3.05, 3.63) is 35.4 Å². The summed E-state index contributed by atoms with van der Waals surface area (Å²) in [5.74, 6) is 2.71. The zero-order valence-corrected chi connectivity index (χ0v) is 11.7. The average molecular weight is 243 g/mol. The number of rotatable bonds is 3. The molecule has 0 bridgehead atoms. The largest absolute Gasteiger partial charge is 0.306 e. The molecule has 1 fully saturated rings. The summed E-state index contributed by atoms with van der Waals surface area (Å²) in [6.45, 7) is 4.75. The average Bonchev–Trinajstić information content (AvgIpc) is 2.78. The quantitative estimate of drug-likeness (QED) is 0.782. The summed E-state index contributed by atoms with van der Waals surface area (Å²) in [6.07, 6.45) is 5.63. The molecule has 0 aliphatic heterocycles. The maximum absolute atomic E-state index is 2.50. The van der Waals surface area contributed by atoms with Crippen molar-refractivity contribution in [3.63, 3.8) is 0 Å². The van der Waals surface area contributed by atoms with Gasteiger partial charge in [0.15, 0.2) is 0 Å². The van der Waals surface area contributed by atoms with Gasteiger partial charge in [-0.05, 0) is 61.7 Å². The lowest BCUT2D eigenvalue weighted by molar-refractivity contribution is 0.162. The van der Waals surface area contributed by atoms with Crippen LogP contribution in [0.5, 0.6) is 0 Å². The summed E-state index contributed by atoms with van der Waals surface area (Å²) in [5.41, 5.74) is 3.31. The summed E-state index contributed by atoms with van der Waals surface area (Å²) in [4.78, 5) is 2.50. The highest BCUT2D eigenvalue weighted by Gasteiger charge is 2.39. The van der Waals surface area contributed by atoms with Crippen molar-refractivity contribution in [2.24, 2.45) is 11.8 Å². The Morgan fingerprint density at radius 3 is 2.89 bits per heavy atom. The van der Waals surface area contributed by atoms with E-state index in [9.17, 15) is 0 Å². The van der Waals surface area contributed by atoms with Crippen LogP contribution in [0.2, 0.25) is 0 Å². The van der Waals surface area contributed by atoms with Gasteiger partial charge in [-0.1, -0.05) is 37.6 Å². The molecule has 0 amide bonds. The Labute approximate surface area is 111 Å². The number of nitrogens with zero attached hydrogens (tertiary/aromatic N) is 1. The van der Waals surface area contributed by atoms with Gasteiger partial charge < -0.3 is 4.90 Å². The third kappa shape index (κ3) is 2.09. The van der Waals surface area contributed by atoms with Crippen LogP contribution in [-0.2, 0) is 6.42 Å². The summed E-state index contributed by atoms with van der Waals surface area (Å²) in [5, 5.41) is 0. The lowest BCUT2D eigenvalue weighted by Gasteiger charge is -2.36. The molecule has 1 aromatic carbocycles. The predicted octanol–water partition coefficient (Wildman–Crippen LogP) is 3.69. The molecule has 98 valence electrons. The molecular weight excluding hydrogens is 218 g/mol. The van der Waals surface area contributed by atoms with Gasteiger partial charge in [0.2, 0.25) is 0 Å². The molecule has 2 aliphatic carbocycles. The van der Waals surface area contributed by atoms with E-state index >= 15 is 0 Å². The van der Waals surface area contributed by atoms with E-state index in [1.165, 1.54) is 38.8 Å². The Morgan fingerprint density at radius 2 is 2.06 bits per heavy atom. The monoisotopic (exact) mass is 243 g/mol. The van der Waals surface area contributed by atoms with Gasteiger partial charge in [-0.25, -0.2) is 0 Å². The summed E-state index contributed by atoms with van der Waals surface area (Å²) in [7, 11) is 2.27. The Balaban J connectivity index is 1.79. The molecule has 0 aromatic heterocycles. The lowest BCUT2D eigenvalue weighted by atomic mass is 9.72. The molecule has 0 heterocycles. The molecular formula is C17H25N. The molecule has 1 heteroatoms. The number of hydrogen-bond donors (Lipinski definition) is 0. The van der Waals surface area contributed by atoms with Gasteiger partial charge in [-0.15, -0.1) is 0 Å². The van der Waals surface area contributed by atoms with Gasteiger partial charge in [0, 0.05) is 6.54 Å². The van der Waals surface area contributed by atoms with E-state index in [4.69, 9.17) is 0 Å². The minimum Gasteiger partial charge on any atom is -0.306 e. The zero-order valence-electron chi connectivity index (χ0n) is 11.7. The molecule has 1 nitrogen and oxygen atoms in total. The van der Waals surface area contributed by atoms with Gasteiger partial charge >= 0.3 is 0 Å².